The summed E-state index contributed by atoms with van der Waals surface area (Å²) in [4.78, 5) is 35.8. The third kappa shape index (κ3) is 9.04. The number of carbonyl (C=O) groups excluding carboxylic acids is 2. The number of carbonyl (C=O) groups is 3. The number of carboxylic acid groups (broad SMARTS) is 2. The lowest BCUT2D eigenvalue weighted by molar-refractivity contribution is -0.313. The SMILES string of the molecule is CNC(=O)C(C)CC(CCC(C(=O)[O-])C(C)C(=O)O)Oc1ccc2ccccc2c1N=Nc1ccc(N=Nc2ccccc2)cc1. The maximum Gasteiger partial charge on any atom is 0.306 e. The zero-order valence-electron chi connectivity index (χ0n) is 25.9. The molecule has 0 aliphatic carbocycles. The molecule has 0 spiro atoms. The number of fused-ring (bicyclic) bond motifs is 1. The van der Waals surface area contributed by atoms with Gasteiger partial charge in [-0.1, -0.05) is 62.4 Å². The number of ether oxygens (including phenoxy) is 1. The standard InChI is InChI=1S/C35H37N5O6/c1-22(33(41)36-3)21-28(18-19-29(35(44)45)23(2)34(42)43)46-31-20-13-24-9-7-8-12-30(24)32(31)40-39-27-16-14-26(15-17-27)38-37-25-10-5-4-6-11-25/h4-17,20,22-23,28-29H,18-19,21H2,1-3H3,(H,36,41)(H,42,43)(H,44,45)/p-1. The van der Waals surface area contributed by atoms with Crippen LogP contribution in [0.25, 0.3) is 10.8 Å². The molecule has 4 aromatic carbocycles. The van der Waals surface area contributed by atoms with E-state index in [2.05, 4.69) is 25.8 Å². The number of rotatable bonds is 15. The highest BCUT2D eigenvalue weighted by Crippen LogP contribution is 2.39. The summed E-state index contributed by atoms with van der Waals surface area (Å²) in [6.07, 6.45) is -0.234. The number of benzene rings is 4. The molecular weight excluding hydrogens is 586 g/mol. The van der Waals surface area contributed by atoms with Gasteiger partial charge in [-0.3, -0.25) is 9.59 Å². The van der Waals surface area contributed by atoms with Gasteiger partial charge < -0.3 is 25.1 Å². The smallest absolute Gasteiger partial charge is 0.306 e. The van der Waals surface area contributed by atoms with Crippen LogP contribution in [0.3, 0.4) is 0 Å². The van der Waals surface area contributed by atoms with Gasteiger partial charge >= 0.3 is 5.97 Å². The first-order chi connectivity index (χ1) is 22.2. The third-order valence-corrected chi connectivity index (χ3v) is 7.72. The molecule has 0 fully saturated rings. The van der Waals surface area contributed by atoms with Gasteiger partial charge in [-0.05, 0) is 67.1 Å². The van der Waals surface area contributed by atoms with E-state index in [1.165, 1.54) is 14.0 Å². The minimum atomic E-state index is -1.44. The van der Waals surface area contributed by atoms with Crippen molar-refractivity contribution >= 4 is 51.4 Å². The van der Waals surface area contributed by atoms with Gasteiger partial charge in [-0.2, -0.15) is 15.3 Å². The van der Waals surface area contributed by atoms with E-state index < -0.39 is 35.8 Å². The zero-order chi connectivity index (χ0) is 33.1. The Morgan fingerprint density at radius 1 is 0.783 bits per heavy atom. The fourth-order valence-corrected chi connectivity index (χ4v) is 5.00. The van der Waals surface area contributed by atoms with E-state index >= 15 is 0 Å². The van der Waals surface area contributed by atoms with Crippen LogP contribution >= 0.6 is 0 Å². The maximum absolute atomic E-state index is 12.4. The Hall–Kier alpha value is -5.45. The summed E-state index contributed by atoms with van der Waals surface area (Å²) in [6, 6.07) is 27.8. The average molecular weight is 623 g/mol. The van der Waals surface area contributed by atoms with Crippen LogP contribution in [0.4, 0.5) is 22.7 Å². The van der Waals surface area contributed by atoms with Crippen molar-refractivity contribution in [2.75, 3.05) is 7.05 Å². The number of carboxylic acids is 2. The van der Waals surface area contributed by atoms with Crippen LogP contribution < -0.4 is 15.2 Å². The molecule has 0 bridgehead atoms. The fourth-order valence-electron chi connectivity index (χ4n) is 5.00. The number of hydrogen-bond donors (Lipinski definition) is 2. The van der Waals surface area contributed by atoms with E-state index in [0.29, 0.717) is 22.8 Å². The fraction of sp³-hybridized carbons (Fsp3) is 0.286. The molecule has 0 radical (unpaired) electrons. The second kappa shape index (κ2) is 16.0. The van der Waals surface area contributed by atoms with Gasteiger partial charge in [0.05, 0.1) is 29.1 Å². The number of amides is 1. The summed E-state index contributed by atoms with van der Waals surface area (Å²) < 4.78 is 6.45. The van der Waals surface area contributed by atoms with Crippen molar-refractivity contribution in [3.8, 4) is 5.75 Å². The average Bonchev–Trinajstić information content (AvgIpc) is 3.06. The Morgan fingerprint density at radius 2 is 1.37 bits per heavy atom. The van der Waals surface area contributed by atoms with Crippen LogP contribution in [-0.2, 0) is 14.4 Å². The van der Waals surface area contributed by atoms with Crippen molar-refractivity contribution in [2.45, 2.75) is 39.2 Å². The second-order valence-corrected chi connectivity index (χ2v) is 11.0. The maximum atomic E-state index is 12.4. The Morgan fingerprint density at radius 3 is 1.98 bits per heavy atom. The molecule has 0 aliphatic rings. The molecule has 4 rings (SSSR count). The normalized spacial score (nSPS) is 14.2. The van der Waals surface area contributed by atoms with Crippen molar-refractivity contribution in [1.29, 1.82) is 0 Å². The van der Waals surface area contributed by atoms with Gasteiger partial charge in [0.25, 0.3) is 0 Å². The Balaban J connectivity index is 1.62. The summed E-state index contributed by atoms with van der Waals surface area (Å²) in [5.41, 5.74) is 2.42. The van der Waals surface area contributed by atoms with E-state index in [0.717, 1.165) is 16.5 Å². The number of aliphatic carboxylic acids is 2. The molecular formula is C35H36N5O6-. The molecule has 11 heteroatoms. The molecule has 4 atom stereocenters. The number of azo groups is 2. The summed E-state index contributed by atoms with van der Waals surface area (Å²) in [5, 5.41) is 43.1. The van der Waals surface area contributed by atoms with Crippen LogP contribution in [-0.4, -0.2) is 36.1 Å². The summed E-state index contributed by atoms with van der Waals surface area (Å²) in [7, 11) is 1.54. The Labute approximate surface area is 267 Å². The van der Waals surface area contributed by atoms with Gasteiger partial charge in [-0.25, -0.2) is 0 Å². The van der Waals surface area contributed by atoms with Crippen molar-refractivity contribution in [1.82, 2.24) is 5.32 Å². The van der Waals surface area contributed by atoms with Crippen LogP contribution in [0.1, 0.15) is 33.1 Å². The van der Waals surface area contributed by atoms with Crippen LogP contribution in [0.5, 0.6) is 5.75 Å². The molecule has 46 heavy (non-hydrogen) atoms. The van der Waals surface area contributed by atoms with Crippen LogP contribution in [0.2, 0.25) is 0 Å². The quantitative estimate of drug-likeness (QED) is 0.135. The molecule has 2 N–H and O–H groups in total. The first kappa shape index (κ1) is 33.4. The van der Waals surface area contributed by atoms with Crippen LogP contribution in [0.15, 0.2) is 111 Å². The van der Waals surface area contributed by atoms with Crippen molar-refractivity contribution in [3.05, 3.63) is 91.0 Å². The lowest BCUT2D eigenvalue weighted by atomic mass is 9.87. The minimum absolute atomic E-state index is 0.0146. The highest BCUT2D eigenvalue weighted by atomic mass is 16.5. The number of nitrogens with zero attached hydrogens (tertiary/aromatic N) is 4. The number of nitrogens with one attached hydrogen (secondary N) is 1. The Kier molecular flexibility index (Phi) is 11.7. The van der Waals surface area contributed by atoms with Crippen molar-refractivity contribution in [3.63, 3.8) is 0 Å². The molecule has 0 aromatic heterocycles. The zero-order valence-corrected chi connectivity index (χ0v) is 25.9. The molecule has 0 saturated carbocycles. The van der Waals surface area contributed by atoms with Gasteiger partial charge in [0, 0.05) is 30.2 Å². The van der Waals surface area contributed by atoms with Crippen LogP contribution in [0, 0.1) is 17.8 Å². The largest absolute Gasteiger partial charge is 0.550 e. The molecule has 238 valence electrons. The van der Waals surface area contributed by atoms with Crippen molar-refractivity contribution < 1.29 is 29.3 Å². The predicted octanol–water partition coefficient (Wildman–Crippen LogP) is 7.06. The van der Waals surface area contributed by atoms with E-state index in [1.54, 1.807) is 37.3 Å². The topological polar surface area (TPSA) is 165 Å². The van der Waals surface area contributed by atoms with Crippen molar-refractivity contribution in [2.24, 2.45) is 38.2 Å². The van der Waals surface area contributed by atoms with E-state index in [-0.39, 0.29) is 25.2 Å². The molecule has 0 heterocycles. The highest BCUT2D eigenvalue weighted by molar-refractivity contribution is 5.95. The van der Waals surface area contributed by atoms with Gasteiger partial charge in [0.1, 0.15) is 11.4 Å². The minimum Gasteiger partial charge on any atom is -0.550 e. The highest BCUT2D eigenvalue weighted by Gasteiger charge is 2.28. The molecule has 0 aliphatic heterocycles. The first-order valence-electron chi connectivity index (χ1n) is 15.0. The predicted molar refractivity (Wildman–Crippen MR) is 172 cm³/mol. The lowest BCUT2D eigenvalue weighted by Gasteiger charge is -2.27. The number of hydrogen-bond acceptors (Lipinski definition) is 9. The monoisotopic (exact) mass is 622 g/mol. The summed E-state index contributed by atoms with van der Waals surface area (Å²) in [5.74, 6) is -5.33. The molecule has 0 saturated heterocycles. The molecule has 4 aromatic rings. The molecule has 11 nitrogen and oxygen atoms in total. The van der Waals surface area contributed by atoms with E-state index in [4.69, 9.17) is 4.74 Å². The summed E-state index contributed by atoms with van der Waals surface area (Å²) >= 11 is 0. The molecule has 4 unspecified atom stereocenters. The van der Waals surface area contributed by atoms with Gasteiger partial charge in [0.2, 0.25) is 5.91 Å². The lowest BCUT2D eigenvalue weighted by Crippen LogP contribution is -2.39. The third-order valence-electron chi connectivity index (χ3n) is 7.72. The van der Waals surface area contributed by atoms with E-state index in [9.17, 15) is 24.6 Å². The first-order valence-corrected chi connectivity index (χ1v) is 15.0. The molecule has 1 amide bonds. The summed E-state index contributed by atoms with van der Waals surface area (Å²) in [6.45, 7) is 3.09. The Bertz CT molecular complexity index is 1710. The van der Waals surface area contributed by atoms with Gasteiger partial charge in [-0.15, -0.1) is 5.11 Å². The van der Waals surface area contributed by atoms with E-state index in [1.807, 2.05) is 60.7 Å². The van der Waals surface area contributed by atoms with Gasteiger partial charge in [0.15, 0.2) is 0 Å². The second-order valence-electron chi connectivity index (χ2n) is 11.0.